The number of hydrogen-bond acceptors (Lipinski definition) is 4. The molecule has 26 heavy (non-hydrogen) atoms. The highest BCUT2D eigenvalue weighted by molar-refractivity contribution is 7.92. The molecular weight excluding hydrogens is 355 g/mol. The predicted molar refractivity (Wildman–Crippen MR) is 99.0 cm³/mol. The van der Waals surface area contributed by atoms with Crippen LogP contribution in [-0.2, 0) is 27.8 Å². The van der Waals surface area contributed by atoms with Crippen LogP contribution in [0.4, 0.5) is 10.1 Å². The molecule has 3 rings (SSSR count). The lowest BCUT2D eigenvalue weighted by atomic mass is 10.1. The zero-order valence-corrected chi connectivity index (χ0v) is 15.8. The number of halogens is 1. The van der Waals surface area contributed by atoms with E-state index in [0.29, 0.717) is 24.4 Å². The number of nitrogens with zero attached hydrogens (tertiary/aromatic N) is 1. The molecule has 0 bridgehead atoms. The smallest absolute Gasteiger partial charge is 0.262 e. The Labute approximate surface area is 153 Å². The van der Waals surface area contributed by atoms with E-state index in [0.717, 1.165) is 36.7 Å². The largest absolute Gasteiger partial charge is 0.385 e. The van der Waals surface area contributed by atoms with Gasteiger partial charge in [0.1, 0.15) is 5.82 Å². The van der Waals surface area contributed by atoms with E-state index in [9.17, 15) is 12.8 Å². The van der Waals surface area contributed by atoms with Crippen LogP contribution in [-0.4, -0.2) is 33.6 Å². The van der Waals surface area contributed by atoms with Gasteiger partial charge in [-0.3, -0.25) is 9.62 Å². The van der Waals surface area contributed by atoms with Crippen molar-refractivity contribution >= 4 is 15.7 Å². The summed E-state index contributed by atoms with van der Waals surface area (Å²) in [5.41, 5.74) is 3.08. The molecule has 140 valence electrons. The van der Waals surface area contributed by atoms with E-state index in [1.54, 1.807) is 20.1 Å². The van der Waals surface area contributed by atoms with Crippen molar-refractivity contribution in [2.75, 3.05) is 25.0 Å². The van der Waals surface area contributed by atoms with Gasteiger partial charge in [0.05, 0.1) is 10.6 Å². The summed E-state index contributed by atoms with van der Waals surface area (Å²) in [6, 6.07) is 9.33. The maximum Gasteiger partial charge on any atom is 0.262 e. The van der Waals surface area contributed by atoms with Crippen molar-refractivity contribution in [3.8, 4) is 0 Å². The molecule has 1 heterocycles. The van der Waals surface area contributed by atoms with Gasteiger partial charge in [-0.15, -0.1) is 0 Å². The fraction of sp³-hybridized carbons (Fsp3) is 0.368. The molecule has 0 fully saturated rings. The van der Waals surface area contributed by atoms with Crippen molar-refractivity contribution in [3.05, 3.63) is 58.9 Å². The Bertz CT molecular complexity index is 900. The van der Waals surface area contributed by atoms with Gasteiger partial charge in [-0.1, -0.05) is 12.1 Å². The molecule has 1 N–H and O–H groups in total. The van der Waals surface area contributed by atoms with Crippen LogP contribution in [0.5, 0.6) is 0 Å². The van der Waals surface area contributed by atoms with Crippen molar-refractivity contribution in [3.63, 3.8) is 0 Å². The van der Waals surface area contributed by atoms with Crippen molar-refractivity contribution in [2.24, 2.45) is 0 Å². The first-order valence-corrected chi connectivity index (χ1v) is 10.00. The van der Waals surface area contributed by atoms with Crippen LogP contribution in [0.25, 0.3) is 0 Å². The monoisotopic (exact) mass is 378 g/mol. The molecule has 0 saturated carbocycles. The van der Waals surface area contributed by atoms with Gasteiger partial charge in [0.2, 0.25) is 0 Å². The number of ether oxygens (including phenoxy) is 1. The molecule has 2 aromatic carbocycles. The Morgan fingerprint density at radius 2 is 2.04 bits per heavy atom. The SMILES string of the molecule is COCCCN1Cc2cccc(NS(=O)(=O)c3ccc(F)cc3C)c2C1. The summed E-state index contributed by atoms with van der Waals surface area (Å²) in [4.78, 5) is 2.36. The second-order valence-corrected chi connectivity index (χ2v) is 8.17. The fourth-order valence-corrected chi connectivity index (χ4v) is 4.61. The number of anilines is 1. The predicted octanol–water partition coefficient (Wildman–Crippen LogP) is 3.29. The molecule has 2 aromatic rings. The van der Waals surface area contributed by atoms with Gasteiger partial charge in [0.25, 0.3) is 10.0 Å². The van der Waals surface area contributed by atoms with Crippen molar-refractivity contribution in [1.82, 2.24) is 4.90 Å². The molecule has 1 aliphatic rings. The molecule has 0 amide bonds. The van der Waals surface area contributed by atoms with Gasteiger partial charge in [0, 0.05) is 33.4 Å². The molecule has 7 heteroatoms. The van der Waals surface area contributed by atoms with E-state index < -0.39 is 15.8 Å². The van der Waals surface area contributed by atoms with Crippen molar-refractivity contribution < 1.29 is 17.5 Å². The molecule has 1 aliphatic heterocycles. The highest BCUT2D eigenvalue weighted by atomic mass is 32.2. The van der Waals surface area contributed by atoms with E-state index in [2.05, 4.69) is 9.62 Å². The second-order valence-electron chi connectivity index (χ2n) is 6.52. The van der Waals surface area contributed by atoms with Gasteiger partial charge in [-0.2, -0.15) is 0 Å². The number of methoxy groups -OCH3 is 1. The van der Waals surface area contributed by atoms with Crippen molar-refractivity contribution in [1.29, 1.82) is 0 Å². The quantitative estimate of drug-likeness (QED) is 0.751. The van der Waals surface area contributed by atoms with Gasteiger partial charge in [0.15, 0.2) is 0 Å². The van der Waals surface area contributed by atoms with Crippen molar-refractivity contribution in [2.45, 2.75) is 31.3 Å². The van der Waals surface area contributed by atoms with Gasteiger partial charge in [-0.05, 0) is 54.3 Å². The highest BCUT2D eigenvalue weighted by Gasteiger charge is 2.24. The van der Waals surface area contributed by atoms with E-state index >= 15 is 0 Å². The summed E-state index contributed by atoms with van der Waals surface area (Å²) in [7, 11) is -2.09. The number of sulfonamides is 1. The lowest BCUT2D eigenvalue weighted by Gasteiger charge is -2.15. The molecule has 0 aromatic heterocycles. The molecule has 0 atom stereocenters. The lowest BCUT2D eigenvalue weighted by molar-refractivity contribution is 0.172. The Morgan fingerprint density at radius 3 is 2.77 bits per heavy atom. The van der Waals surface area contributed by atoms with Gasteiger partial charge < -0.3 is 4.74 Å². The number of aryl methyl sites for hydroxylation is 1. The second kappa shape index (κ2) is 7.73. The molecular formula is C19H23FN2O3S. The minimum atomic E-state index is -3.78. The van der Waals surface area contributed by atoms with E-state index in [1.165, 1.54) is 12.1 Å². The third kappa shape index (κ3) is 4.06. The van der Waals surface area contributed by atoms with E-state index in [1.807, 2.05) is 12.1 Å². The summed E-state index contributed by atoms with van der Waals surface area (Å²) in [5.74, 6) is -0.450. The Hall–Kier alpha value is -1.96. The molecule has 0 spiro atoms. The Kier molecular flexibility index (Phi) is 5.60. The number of rotatable bonds is 7. The van der Waals surface area contributed by atoms with Crippen LogP contribution >= 0.6 is 0 Å². The average Bonchev–Trinajstić information content (AvgIpc) is 2.98. The summed E-state index contributed by atoms with van der Waals surface area (Å²) in [6.45, 7) is 4.68. The summed E-state index contributed by atoms with van der Waals surface area (Å²) < 4.78 is 46.6. The Balaban J connectivity index is 1.81. The average molecular weight is 378 g/mol. The highest BCUT2D eigenvalue weighted by Crippen LogP contribution is 2.31. The van der Waals surface area contributed by atoms with Crippen LogP contribution in [0, 0.1) is 12.7 Å². The van der Waals surface area contributed by atoms with E-state index in [4.69, 9.17) is 4.74 Å². The van der Waals surface area contributed by atoms with Crippen LogP contribution in [0.3, 0.4) is 0 Å². The molecule has 0 aliphatic carbocycles. The summed E-state index contributed by atoms with van der Waals surface area (Å²) in [5, 5.41) is 0. The first-order chi connectivity index (χ1) is 12.4. The Morgan fingerprint density at radius 1 is 1.23 bits per heavy atom. The van der Waals surface area contributed by atoms with Gasteiger partial charge >= 0.3 is 0 Å². The topological polar surface area (TPSA) is 58.6 Å². The maximum absolute atomic E-state index is 13.3. The molecule has 0 saturated heterocycles. The minimum Gasteiger partial charge on any atom is -0.385 e. The van der Waals surface area contributed by atoms with E-state index in [-0.39, 0.29) is 4.90 Å². The fourth-order valence-electron chi connectivity index (χ4n) is 3.29. The zero-order chi connectivity index (χ0) is 18.7. The van der Waals surface area contributed by atoms with Crippen LogP contribution in [0.2, 0.25) is 0 Å². The standard InChI is InChI=1S/C19H23FN2O3S/c1-14-11-16(20)7-8-19(14)26(23,24)21-18-6-3-5-15-12-22(13-17(15)18)9-4-10-25-2/h3,5-8,11,21H,4,9-10,12-13H2,1-2H3. The summed E-state index contributed by atoms with van der Waals surface area (Å²) >= 11 is 0. The normalized spacial score (nSPS) is 14.4. The lowest BCUT2D eigenvalue weighted by Crippen LogP contribution is -2.19. The summed E-state index contributed by atoms with van der Waals surface area (Å²) in [6.07, 6.45) is 0.931. The number of nitrogens with one attached hydrogen (secondary N) is 1. The third-order valence-corrected chi connectivity index (χ3v) is 6.07. The minimum absolute atomic E-state index is 0.0893. The number of benzene rings is 2. The van der Waals surface area contributed by atoms with Crippen LogP contribution in [0.15, 0.2) is 41.3 Å². The molecule has 5 nitrogen and oxygen atoms in total. The van der Waals surface area contributed by atoms with Gasteiger partial charge in [-0.25, -0.2) is 12.8 Å². The number of hydrogen-bond donors (Lipinski definition) is 1. The molecule has 0 unspecified atom stereocenters. The number of fused-ring (bicyclic) bond motifs is 1. The first kappa shape index (κ1) is 18.8. The first-order valence-electron chi connectivity index (χ1n) is 8.52. The van der Waals surface area contributed by atoms with Crippen LogP contribution < -0.4 is 4.72 Å². The third-order valence-electron chi connectivity index (χ3n) is 4.54. The van der Waals surface area contributed by atoms with Crippen LogP contribution in [0.1, 0.15) is 23.1 Å². The maximum atomic E-state index is 13.3. The molecule has 0 radical (unpaired) electrons. The zero-order valence-electron chi connectivity index (χ0n) is 15.0.